The number of ether oxygens (including phenoxy) is 4. The van der Waals surface area contributed by atoms with Gasteiger partial charge in [0, 0.05) is 57.0 Å². The minimum absolute atomic E-state index is 0.258. The lowest BCUT2D eigenvalue weighted by Gasteiger charge is -2.56. The van der Waals surface area contributed by atoms with Gasteiger partial charge < -0.3 is 39.0 Å². The van der Waals surface area contributed by atoms with Gasteiger partial charge in [0.25, 0.3) is 0 Å². The Hall–Kier alpha value is -3.04. The lowest BCUT2D eigenvalue weighted by molar-refractivity contribution is -0.0453. The molecule has 0 saturated carbocycles. The van der Waals surface area contributed by atoms with Crippen molar-refractivity contribution >= 4 is 0 Å². The highest BCUT2D eigenvalue weighted by Crippen LogP contribution is 2.67. The quantitative estimate of drug-likeness (QED) is 0.524. The summed E-state index contributed by atoms with van der Waals surface area (Å²) in [4.78, 5) is 4.97. The highest BCUT2D eigenvalue weighted by Gasteiger charge is 2.66. The van der Waals surface area contributed by atoms with Crippen LogP contribution in [0.1, 0.15) is 35.1 Å². The number of rotatable bonds is 3. The monoisotopic (exact) mass is 596 g/mol. The summed E-state index contributed by atoms with van der Waals surface area (Å²) in [6, 6.07) is 5.30. The molecular formula is C36H40N2O6. The number of hydrogen-bond donors (Lipinski definition) is 2. The van der Waals surface area contributed by atoms with E-state index in [1.54, 1.807) is 14.2 Å². The van der Waals surface area contributed by atoms with Gasteiger partial charge in [0.15, 0.2) is 23.0 Å². The predicted octanol–water partition coefficient (Wildman–Crippen LogP) is 2.98. The molecule has 44 heavy (non-hydrogen) atoms. The highest BCUT2D eigenvalue weighted by molar-refractivity contribution is 5.86. The van der Waals surface area contributed by atoms with Crippen molar-refractivity contribution in [2.75, 3.05) is 41.4 Å². The number of benzene rings is 2. The fourth-order valence-electron chi connectivity index (χ4n) is 11.4. The molecule has 2 saturated heterocycles. The third-order valence-corrected chi connectivity index (χ3v) is 13.2. The topological polar surface area (TPSA) is 83.9 Å². The van der Waals surface area contributed by atoms with Crippen LogP contribution >= 0.6 is 0 Å². The SMILES string of the molecule is COc1c(-c2cc3c4c(c2OC)O[C@H]2[C@@H](O)C=C[C@H]5[C@@H](C3)N(C)CC[C@@]452)cc2c3c1O[C@H]1[C@@H](O)C=C[C@H]4[C@@H](C2)N(C)CC[C@@]341. The molecule has 4 heterocycles. The Kier molecular flexibility index (Phi) is 5.00. The molecule has 2 spiro atoms. The van der Waals surface area contributed by atoms with Crippen molar-refractivity contribution in [2.24, 2.45) is 11.8 Å². The van der Waals surface area contributed by atoms with E-state index in [4.69, 9.17) is 18.9 Å². The Bertz CT molecular complexity index is 1580. The lowest BCUT2D eigenvalue weighted by Crippen LogP contribution is -2.64. The molecule has 10 atom stereocenters. The number of likely N-dealkylation sites (tertiary alicyclic amines) is 2. The van der Waals surface area contributed by atoms with E-state index in [0.29, 0.717) is 35.4 Å². The molecule has 2 N–H and O–H groups in total. The summed E-state index contributed by atoms with van der Waals surface area (Å²) in [6.45, 7) is 1.95. The molecule has 8 heteroatoms. The molecule has 4 bridgehead atoms. The van der Waals surface area contributed by atoms with Gasteiger partial charge in [-0.2, -0.15) is 0 Å². The molecule has 4 aliphatic heterocycles. The van der Waals surface area contributed by atoms with Gasteiger partial charge in [0.2, 0.25) is 0 Å². The second kappa shape index (κ2) is 8.40. The predicted molar refractivity (Wildman–Crippen MR) is 164 cm³/mol. The average molecular weight is 597 g/mol. The first-order valence-electron chi connectivity index (χ1n) is 16.3. The minimum Gasteiger partial charge on any atom is -0.492 e. The molecule has 230 valence electrons. The van der Waals surface area contributed by atoms with Crippen LogP contribution < -0.4 is 18.9 Å². The largest absolute Gasteiger partial charge is 0.492 e. The van der Waals surface area contributed by atoms with Crippen LogP contribution in [0.3, 0.4) is 0 Å². The van der Waals surface area contributed by atoms with Crippen LogP contribution in [0, 0.1) is 11.8 Å². The van der Waals surface area contributed by atoms with E-state index in [0.717, 1.165) is 61.4 Å². The molecule has 8 nitrogen and oxygen atoms in total. The second-order valence-electron chi connectivity index (χ2n) is 14.6. The summed E-state index contributed by atoms with van der Waals surface area (Å²) in [5, 5.41) is 22.5. The Morgan fingerprint density at radius 3 is 1.55 bits per heavy atom. The molecule has 0 radical (unpaired) electrons. The van der Waals surface area contributed by atoms with E-state index < -0.39 is 12.2 Å². The molecule has 0 amide bonds. The third kappa shape index (κ3) is 2.75. The summed E-state index contributed by atoms with van der Waals surface area (Å²) in [5.41, 5.74) is 6.36. The van der Waals surface area contributed by atoms with Crippen molar-refractivity contribution in [3.8, 4) is 34.1 Å². The third-order valence-electron chi connectivity index (χ3n) is 13.2. The molecule has 8 aliphatic rings. The summed E-state index contributed by atoms with van der Waals surface area (Å²) >= 11 is 0. The first-order chi connectivity index (χ1) is 21.3. The van der Waals surface area contributed by atoms with Crippen molar-refractivity contribution in [1.29, 1.82) is 0 Å². The molecule has 2 aromatic rings. The molecular weight excluding hydrogens is 556 g/mol. The Morgan fingerprint density at radius 1 is 0.705 bits per heavy atom. The van der Waals surface area contributed by atoms with Gasteiger partial charge in [-0.05, 0) is 76.1 Å². The summed E-state index contributed by atoms with van der Waals surface area (Å²) in [6.07, 6.45) is 10.1. The molecule has 2 fully saturated rings. The number of hydrogen-bond acceptors (Lipinski definition) is 8. The zero-order valence-corrected chi connectivity index (χ0v) is 25.7. The summed E-state index contributed by atoms with van der Waals surface area (Å²) < 4.78 is 26.2. The van der Waals surface area contributed by atoms with Crippen molar-refractivity contribution in [3.63, 3.8) is 0 Å². The van der Waals surface area contributed by atoms with Crippen LogP contribution in [0.2, 0.25) is 0 Å². The van der Waals surface area contributed by atoms with Gasteiger partial charge in [-0.15, -0.1) is 0 Å². The van der Waals surface area contributed by atoms with Crippen molar-refractivity contribution in [2.45, 2.75) is 73.0 Å². The zero-order chi connectivity index (χ0) is 29.9. The van der Waals surface area contributed by atoms with E-state index in [1.807, 2.05) is 12.2 Å². The van der Waals surface area contributed by atoms with Crippen LogP contribution in [0.15, 0.2) is 36.4 Å². The molecule has 0 unspecified atom stereocenters. The van der Waals surface area contributed by atoms with E-state index >= 15 is 0 Å². The number of methoxy groups -OCH3 is 2. The summed E-state index contributed by atoms with van der Waals surface area (Å²) in [7, 11) is 7.90. The molecule has 2 aromatic carbocycles. The number of aliphatic hydroxyl groups excluding tert-OH is 2. The zero-order valence-electron chi connectivity index (χ0n) is 25.7. The van der Waals surface area contributed by atoms with Crippen LogP contribution in [-0.4, -0.2) is 97.9 Å². The fourth-order valence-corrected chi connectivity index (χ4v) is 11.4. The highest BCUT2D eigenvalue weighted by atomic mass is 16.5. The van der Waals surface area contributed by atoms with Gasteiger partial charge >= 0.3 is 0 Å². The standard InChI is InChI=1S/C36H40N2O6/c1-37-11-9-35-21-5-7-25(39)33(35)43-31-27(35)17(15-23(21)37)13-19(29(31)41-3)20-14-18-16-24-22-6-8-26(40)34-36(22,10-12-38(24)2)28(18)32(44-34)30(20)42-4/h5-8,13-14,21-26,33-34,39-40H,9-12,15-16H2,1-4H3/t21-,22-,23+,24+,25-,26-,33-,34-,35-,36-/m0/s1. The van der Waals surface area contributed by atoms with E-state index in [2.05, 4.69) is 48.2 Å². The summed E-state index contributed by atoms with van der Waals surface area (Å²) in [5.74, 6) is 3.53. The van der Waals surface area contributed by atoms with Gasteiger partial charge in [0.05, 0.1) is 14.2 Å². The number of nitrogens with zero attached hydrogens (tertiary/aromatic N) is 2. The van der Waals surface area contributed by atoms with Crippen LogP contribution in [0.25, 0.3) is 11.1 Å². The van der Waals surface area contributed by atoms with Crippen LogP contribution in [-0.2, 0) is 23.7 Å². The fraction of sp³-hybridized carbons (Fsp3) is 0.556. The first-order valence-corrected chi connectivity index (χ1v) is 16.3. The number of piperidine rings is 2. The van der Waals surface area contributed by atoms with Gasteiger partial charge in [-0.25, -0.2) is 0 Å². The smallest absolute Gasteiger partial charge is 0.169 e. The second-order valence-corrected chi connectivity index (χ2v) is 14.6. The number of aliphatic hydroxyl groups is 2. The van der Waals surface area contributed by atoms with Gasteiger partial charge in [-0.1, -0.05) is 24.3 Å². The van der Waals surface area contributed by atoms with Crippen LogP contribution in [0.5, 0.6) is 23.0 Å². The van der Waals surface area contributed by atoms with E-state index in [-0.39, 0.29) is 23.0 Å². The first kappa shape index (κ1) is 26.2. The molecule has 0 aromatic heterocycles. The van der Waals surface area contributed by atoms with Crippen molar-refractivity contribution < 1.29 is 29.2 Å². The Labute approximate surface area is 257 Å². The Balaban J connectivity index is 1.22. The van der Waals surface area contributed by atoms with E-state index in [1.165, 1.54) is 22.3 Å². The lowest BCUT2D eigenvalue weighted by atomic mass is 9.53. The maximum absolute atomic E-state index is 11.3. The normalized spacial score (nSPS) is 41.5. The van der Waals surface area contributed by atoms with Crippen LogP contribution in [0.4, 0.5) is 0 Å². The van der Waals surface area contributed by atoms with Crippen molar-refractivity contribution in [3.05, 3.63) is 58.7 Å². The van der Waals surface area contributed by atoms with Gasteiger partial charge in [0.1, 0.15) is 24.4 Å². The minimum atomic E-state index is -0.666. The van der Waals surface area contributed by atoms with Crippen molar-refractivity contribution in [1.82, 2.24) is 9.80 Å². The van der Waals surface area contributed by atoms with Gasteiger partial charge in [-0.3, -0.25) is 0 Å². The van der Waals surface area contributed by atoms with E-state index in [9.17, 15) is 10.2 Å². The maximum Gasteiger partial charge on any atom is 0.169 e. The molecule has 10 rings (SSSR count). The maximum atomic E-state index is 11.3. The Morgan fingerprint density at radius 2 is 1.14 bits per heavy atom. The molecule has 4 aliphatic carbocycles. The number of likely N-dealkylation sites (N-methyl/N-ethyl adjacent to an activating group) is 2. The average Bonchev–Trinajstić information content (AvgIpc) is 3.56.